The zero-order valence-corrected chi connectivity index (χ0v) is 14.5. The Labute approximate surface area is 151 Å². The van der Waals surface area contributed by atoms with E-state index in [1.54, 1.807) is 6.08 Å². The molecule has 0 fully saturated rings. The van der Waals surface area contributed by atoms with Gasteiger partial charge in [-0.15, -0.1) is 0 Å². The lowest BCUT2D eigenvalue weighted by Crippen LogP contribution is -2.32. The number of primary amides is 1. The largest absolute Gasteiger partial charge is 0.493 e. The number of rotatable bonds is 8. The van der Waals surface area contributed by atoms with Gasteiger partial charge in [0.15, 0.2) is 0 Å². The third-order valence-corrected chi connectivity index (χ3v) is 3.61. The highest BCUT2D eigenvalue weighted by Gasteiger charge is 2.14. The highest BCUT2D eigenvalue weighted by molar-refractivity contribution is 6.04. The third-order valence-electron chi connectivity index (χ3n) is 3.61. The van der Waals surface area contributed by atoms with Crippen LogP contribution in [-0.2, 0) is 9.59 Å². The van der Waals surface area contributed by atoms with Crippen molar-refractivity contribution in [1.29, 1.82) is 0 Å². The predicted molar refractivity (Wildman–Crippen MR) is 99.2 cm³/mol. The third kappa shape index (κ3) is 5.44. The van der Waals surface area contributed by atoms with E-state index in [0.717, 1.165) is 5.56 Å². The Morgan fingerprint density at radius 3 is 2.50 bits per heavy atom. The molecular weight excluding hydrogens is 335 g/mol. The highest BCUT2D eigenvalue weighted by Crippen LogP contribution is 2.20. The molecule has 2 aromatic carbocycles. The summed E-state index contributed by atoms with van der Waals surface area (Å²) in [6, 6.07) is 12.8. The first-order chi connectivity index (χ1) is 12.5. The van der Waals surface area contributed by atoms with E-state index < -0.39 is 11.7 Å². The molecule has 2 aromatic rings. The molecule has 0 aliphatic heterocycles. The Morgan fingerprint density at radius 1 is 1.15 bits per heavy atom. The first-order valence-electron chi connectivity index (χ1n) is 8.26. The SMILES string of the molecule is CCOc1ccccc1/C=C/C(=O)N(CCC(N)=O)c1ccc(F)cc1. The number of carbonyl (C=O) groups excluding carboxylic acids is 2. The number of halogens is 1. The number of nitrogens with zero attached hydrogens (tertiary/aromatic N) is 1. The van der Waals surface area contributed by atoms with Crippen LogP contribution in [0, 0.1) is 5.82 Å². The second kappa shape index (κ2) is 9.36. The van der Waals surface area contributed by atoms with Crippen molar-refractivity contribution in [3.05, 3.63) is 66.0 Å². The molecule has 2 amide bonds. The number of carbonyl (C=O) groups is 2. The van der Waals surface area contributed by atoms with Gasteiger partial charge in [-0.05, 0) is 43.3 Å². The fraction of sp³-hybridized carbons (Fsp3) is 0.200. The fourth-order valence-corrected chi connectivity index (χ4v) is 2.37. The number of nitrogens with two attached hydrogens (primary N) is 1. The van der Waals surface area contributed by atoms with Crippen molar-refractivity contribution in [3.8, 4) is 5.75 Å². The van der Waals surface area contributed by atoms with Crippen molar-refractivity contribution >= 4 is 23.6 Å². The molecular formula is C20H21FN2O3. The zero-order valence-electron chi connectivity index (χ0n) is 14.5. The van der Waals surface area contributed by atoms with E-state index in [4.69, 9.17) is 10.5 Å². The molecule has 0 radical (unpaired) electrons. The van der Waals surface area contributed by atoms with Gasteiger partial charge in [-0.2, -0.15) is 0 Å². The molecule has 2 N–H and O–H groups in total. The van der Waals surface area contributed by atoms with E-state index in [2.05, 4.69) is 0 Å². The van der Waals surface area contributed by atoms with Crippen LogP contribution in [0.4, 0.5) is 10.1 Å². The van der Waals surface area contributed by atoms with Gasteiger partial charge in [0.2, 0.25) is 5.91 Å². The molecule has 0 unspecified atom stereocenters. The lowest BCUT2D eigenvalue weighted by Gasteiger charge is -2.21. The van der Waals surface area contributed by atoms with Gasteiger partial charge in [0.25, 0.3) is 5.91 Å². The summed E-state index contributed by atoms with van der Waals surface area (Å²) in [5.74, 6) is -0.596. The molecule has 0 spiro atoms. The average molecular weight is 356 g/mol. The maximum Gasteiger partial charge on any atom is 0.251 e. The maximum atomic E-state index is 13.1. The second-order valence-corrected chi connectivity index (χ2v) is 5.49. The molecule has 6 heteroatoms. The van der Waals surface area contributed by atoms with Gasteiger partial charge in [-0.3, -0.25) is 9.59 Å². The van der Waals surface area contributed by atoms with Crippen LogP contribution in [0.15, 0.2) is 54.6 Å². The molecule has 0 saturated carbocycles. The molecule has 0 bridgehead atoms. The molecule has 5 nitrogen and oxygen atoms in total. The van der Waals surface area contributed by atoms with Crippen LogP contribution < -0.4 is 15.4 Å². The van der Waals surface area contributed by atoms with Crippen molar-refractivity contribution in [2.24, 2.45) is 5.73 Å². The summed E-state index contributed by atoms with van der Waals surface area (Å²) in [7, 11) is 0. The predicted octanol–water partition coefficient (Wildman–Crippen LogP) is 3.15. The molecule has 0 aliphatic rings. The minimum absolute atomic E-state index is 0.00644. The number of anilines is 1. The molecule has 0 aliphatic carbocycles. The summed E-state index contributed by atoms with van der Waals surface area (Å²) in [6.07, 6.45) is 3.04. The monoisotopic (exact) mass is 356 g/mol. The van der Waals surface area contributed by atoms with Gasteiger partial charge in [-0.1, -0.05) is 18.2 Å². The lowest BCUT2D eigenvalue weighted by molar-refractivity contribution is -0.118. The van der Waals surface area contributed by atoms with Crippen LogP contribution in [0.5, 0.6) is 5.75 Å². The Hall–Kier alpha value is -3.15. The van der Waals surface area contributed by atoms with Crippen LogP contribution in [-0.4, -0.2) is 25.0 Å². The number of para-hydroxylation sites is 1. The van der Waals surface area contributed by atoms with Crippen molar-refractivity contribution in [2.45, 2.75) is 13.3 Å². The first-order valence-corrected chi connectivity index (χ1v) is 8.26. The van der Waals surface area contributed by atoms with Crippen LogP contribution in [0.25, 0.3) is 6.08 Å². The molecule has 0 atom stereocenters. The topological polar surface area (TPSA) is 72.6 Å². The molecule has 136 valence electrons. The van der Waals surface area contributed by atoms with Gasteiger partial charge in [0, 0.05) is 30.3 Å². The summed E-state index contributed by atoms with van der Waals surface area (Å²) in [5, 5.41) is 0. The lowest BCUT2D eigenvalue weighted by atomic mass is 10.1. The summed E-state index contributed by atoms with van der Waals surface area (Å²) >= 11 is 0. The Balaban J connectivity index is 2.23. The van der Waals surface area contributed by atoms with Crippen molar-refractivity contribution in [3.63, 3.8) is 0 Å². The second-order valence-electron chi connectivity index (χ2n) is 5.49. The maximum absolute atomic E-state index is 13.1. The molecule has 0 aromatic heterocycles. The number of hydrogen-bond donors (Lipinski definition) is 1. The number of amides is 2. The Kier molecular flexibility index (Phi) is 6.91. The van der Waals surface area contributed by atoms with Crippen molar-refractivity contribution < 1.29 is 18.7 Å². The van der Waals surface area contributed by atoms with Gasteiger partial charge in [0.05, 0.1) is 6.61 Å². The highest BCUT2D eigenvalue weighted by atomic mass is 19.1. The first kappa shape index (κ1) is 19.2. The summed E-state index contributed by atoms with van der Waals surface area (Å²) < 4.78 is 18.7. The smallest absolute Gasteiger partial charge is 0.251 e. The fourth-order valence-electron chi connectivity index (χ4n) is 2.37. The van der Waals surface area contributed by atoms with E-state index >= 15 is 0 Å². The molecule has 0 heterocycles. The molecule has 26 heavy (non-hydrogen) atoms. The summed E-state index contributed by atoms with van der Waals surface area (Å²) in [5.41, 5.74) is 6.44. The van der Waals surface area contributed by atoms with Gasteiger partial charge in [-0.25, -0.2) is 4.39 Å². The van der Waals surface area contributed by atoms with E-state index in [0.29, 0.717) is 18.0 Å². The number of benzene rings is 2. The summed E-state index contributed by atoms with van der Waals surface area (Å²) in [4.78, 5) is 25.1. The number of ether oxygens (including phenoxy) is 1. The Morgan fingerprint density at radius 2 is 1.85 bits per heavy atom. The van der Waals surface area contributed by atoms with Crippen LogP contribution in [0.2, 0.25) is 0 Å². The normalized spacial score (nSPS) is 10.7. The standard InChI is InChI=1S/C20H21FN2O3/c1-2-26-18-6-4-3-5-15(18)7-12-20(25)23(14-13-19(22)24)17-10-8-16(21)9-11-17/h3-12H,2,13-14H2,1H3,(H2,22,24)/b12-7+. The van der Waals surface area contributed by atoms with Crippen LogP contribution in [0.3, 0.4) is 0 Å². The van der Waals surface area contributed by atoms with E-state index in [9.17, 15) is 14.0 Å². The van der Waals surface area contributed by atoms with E-state index in [1.807, 2.05) is 31.2 Å². The Bertz CT molecular complexity index is 788. The average Bonchev–Trinajstić information content (AvgIpc) is 2.62. The van der Waals surface area contributed by atoms with Crippen LogP contribution in [0.1, 0.15) is 18.9 Å². The van der Waals surface area contributed by atoms with Gasteiger partial charge in [0.1, 0.15) is 11.6 Å². The van der Waals surface area contributed by atoms with Crippen molar-refractivity contribution in [1.82, 2.24) is 0 Å². The van der Waals surface area contributed by atoms with Gasteiger partial charge < -0.3 is 15.4 Å². The number of hydrogen-bond acceptors (Lipinski definition) is 3. The van der Waals surface area contributed by atoms with E-state index in [1.165, 1.54) is 35.2 Å². The quantitative estimate of drug-likeness (QED) is 0.739. The molecule has 0 saturated heterocycles. The zero-order chi connectivity index (χ0) is 18.9. The van der Waals surface area contributed by atoms with Crippen molar-refractivity contribution in [2.75, 3.05) is 18.1 Å². The van der Waals surface area contributed by atoms with E-state index in [-0.39, 0.29) is 18.9 Å². The van der Waals surface area contributed by atoms with Crippen LogP contribution >= 0.6 is 0 Å². The minimum Gasteiger partial charge on any atom is -0.493 e. The van der Waals surface area contributed by atoms with Gasteiger partial charge >= 0.3 is 0 Å². The minimum atomic E-state index is -0.518. The summed E-state index contributed by atoms with van der Waals surface area (Å²) in [6.45, 7) is 2.50. The molecule has 2 rings (SSSR count).